The number of nitrogens with one attached hydrogen (secondary N) is 2. The molecule has 1 heterocycles. The smallest absolute Gasteiger partial charge is 0.411 e. The highest BCUT2D eigenvalue weighted by atomic mass is 16.5. The van der Waals surface area contributed by atoms with Crippen LogP contribution in [0.1, 0.15) is 6.92 Å². The number of rotatable bonds is 3. The van der Waals surface area contributed by atoms with Crippen molar-refractivity contribution >= 4 is 11.8 Å². The lowest BCUT2D eigenvalue weighted by Crippen LogP contribution is -2.13. The van der Waals surface area contributed by atoms with Gasteiger partial charge in [0, 0.05) is 11.3 Å². The monoisotopic (exact) mass is 231 g/mol. The minimum absolute atomic E-state index is 0.353. The molecule has 0 aliphatic carbocycles. The van der Waals surface area contributed by atoms with Gasteiger partial charge < -0.3 is 9.72 Å². The van der Waals surface area contributed by atoms with Crippen LogP contribution in [0.25, 0.3) is 11.3 Å². The highest BCUT2D eigenvalue weighted by Gasteiger charge is 2.04. The molecule has 5 heteroatoms. The second kappa shape index (κ2) is 5.16. The molecule has 1 aromatic carbocycles. The number of imidazole rings is 1. The van der Waals surface area contributed by atoms with Gasteiger partial charge in [-0.25, -0.2) is 9.78 Å². The summed E-state index contributed by atoms with van der Waals surface area (Å²) >= 11 is 0. The predicted octanol–water partition coefficient (Wildman–Crippen LogP) is 2.65. The van der Waals surface area contributed by atoms with E-state index in [0.29, 0.717) is 12.3 Å². The van der Waals surface area contributed by atoms with E-state index >= 15 is 0 Å². The van der Waals surface area contributed by atoms with Gasteiger partial charge in [0.25, 0.3) is 0 Å². The Bertz CT molecular complexity index is 494. The van der Waals surface area contributed by atoms with E-state index in [1.54, 1.807) is 25.5 Å². The van der Waals surface area contributed by atoms with Crippen molar-refractivity contribution in [2.24, 2.45) is 0 Å². The fourth-order valence-corrected chi connectivity index (χ4v) is 1.46. The Morgan fingerprint density at radius 1 is 1.53 bits per heavy atom. The molecule has 0 radical (unpaired) electrons. The molecule has 0 saturated heterocycles. The molecule has 5 nitrogen and oxygen atoms in total. The van der Waals surface area contributed by atoms with Crippen LogP contribution in [0.2, 0.25) is 0 Å². The number of aromatic amines is 1. The standard InChI is InChI=1S/C12H13N3O2/c1-2-17-12(16)15-10-5-3-4-9(6-10)11-7-13-8-14-11/h3-8H,2H2,1H3,(H,13,14)(H,15,16). The fourth-order valence-electron chi connectivity index (χ4n) is 1.46. The highest BCUT2D eigenvalue weighted by Crippen LogP contribution is 2.20. The maximum absolute atomic E-state index is 11.3. The number of nitrogens with zero attached hydrogens (tertiary/aromatic N) is 1. The van der Waals surface area contributed by atoms with Crippen LogP contribution in [0, 0.1) is 0 Å². The molecule has 0 aliphatic heterocycles. The van der Waals surface area contributed by atoms with Crippen molar-refractivity contribution in [2.75, 3.05) is 11.9 Å². The van der Waals surface area contributed by atoms with Crippen LogP contribution in [-0.2, 0) is 4.74 Å². The first kappa shape index (κ1) is 11.2. The molecule has 0 fully saturated rings. The van der Waals surface area contributed by atoms with E-state index in [0.717, 1.165) is 11.3 Å². The maximum atomic E-state index is 11.3. The Kier molecular flexibility index (Phi) is 3.40. The number of aromatic nitrogens is 2. The van der Waals surface area contributed by atoms with Gasteiger partial charge in [0.1, 0.15) is 0 Å². The number of ether oxygens (including phenoxy) is 1. The van der Waals surface area contributed by atoms with E-state index in [1.807, 2.05) is 18.2 Å². The Morgan fingerprint density at radius 3 is 3.12 bits per heavy atom. The first-order valence-corrected chi connectivity index (χ1v) is 5.32. The third-order valence-corrected chi connectivity index (χ3v) is 2.19. The van der Waals surface area contributed by atoms with Gasteiger partial charge >= 0.3 is 6.09 Å². The lowest BCUT2D eigenvalue weighted by Gasteiger charge is -2.06. The average molecular weight is 231 g/mol. The third-order valence-electron chi connectivity index (χ3n) is 2.19. The maximum Gasteiger partial charge on any atom is 0.411 e. The van der Waals surface area contributed by atoms with Crippen molar-refractivity contribution < 1.29 is 9.53 Å². The van der Waals surface area contributed by atoms with Crippen molar-refractivity contribution in [3.05, 3.63) is 36.8 Å². The zero-order valence-electron chi connectivity index (χ0n) is 9.43. The van der Waals surface area contributed by atoms with E-state index in [2.05, 4.69) is 15.3 Å². The number of H-pyrrole nitrogens is 1. The van der Waals surface area contributed by atoms with E-state index < -0.39 is 6.09 Å². The normalized spacial score (nSPS) is 9.94. The summed E-state index contributed by atoms with van der Waals surface area (Å²) in [7, 11) is 0. The number of anilines is 1. The van der Waals surface area contributed by atoms with Crippen LogP contribution in [0.3, 0.4) is 0 Å². The molecule has 0 bridgehead atoms. The van der Waals surface area contributed by atoms with Crippen molar-refractivity contribution in [3.63, 3.8) is 0 Å². The number of hydrogen-bond acceptors (Lipinski definition) is 3. The van der Waals surface area contributed by atoms with Crippen molar-refractivity contribution in [1.82, 2.24) is 9.97 Å². The minimum Gasteiger partial charge on any atom is -0.450 e. The molecule has 2 aromatic rings. The topological polar surface area (TPSA) is 67.0 Å². The lowest BCUT2D eigenvalue weighted by molar-refractivity contribution is 0.168. The SMILES string of the molecule is CCOC(=O)Nc1cccc(-c2cnc[nH]2)c1. The van der Waals surface area contributed by atoms with Gasteiger partial charge in [0.05, 0.1) is 24.8 Å². The van der Waals surface area contributed by atoms with Gasteiger partial charge in [-0.1, -0.05) is 12.1 Å². The van der Waals surface area contributed by atoms with Crippen LogP contribution in [0.5, 0.6) is 0 Å². The average Bonchev–Trinajstić information content (AvgIpc) is 2.83. The fraction of sp³-hybridized carbons (Fsp3) is 0.167. The molecule has 0 saturated carbocycles. The van der Waals surface area contributed by atoms with Gasteiger partial charge in [-0.05, 0) is 19.1 Å². The molecule has 0 atom stereocenters. The van der Waals surface area contributed by atoms with Crippen LogP contribution >= 0.6 is 0 Å². The Morgan fingerprint density at radius 2 is 2.41 bits per heavy atom. The molecule has 0 aliphatic rings. The molecule has 2 N–H and O–H groups in total. The molecule has 88 valence electrons. The van der Waals surface area contributed by atoms with Crippen LogP contribution < -0.4 is 5.32 Å². The number of hydrogen-bond donors (Lipinski definition) is 2. The Labute approximate surface area is 98.8 Å². The predicted molar refractivity (Wildman–Crippen MR) is 64.7 cm³/mol. The molecular formula is C12H13N3O2. The molecule has 17 heavy (non-hydrogen) atoms. The highest BCUT2D eigenvalue weighted by molar-refractivity contribution is 5.85. The third kappa shape index (κ3) is 2.84. The lowest BCUT2D eigenvalue weighted by atomic mass is 10.1. The van der Waals surface area contributed by atoms with Crippen molar-refractivity contribution in [2.45, 2.75) is 6.92 Å². The Hall–Kier alpha value is -2.30. The Balaban J connectivity index is 2.15. The van der Waals surface area contributed by atoms with Crippen molar-refractivity contribution in [1.29, 1.82) is 0 Å². The zero-order valence-corrected chi connectivity index (χ0v) is 9.43. The van der Waals surface area contributed by atoms with Gasteiger partial charge in [0.15, 0.2) is 0 Å². The van der Waals surface area contributed by atoms with Crippen molar-refractivity contribution in [3.8, 4) is 11.3 Å². The summed E-state index contributed by atoms with van der Waals surface area (Å²) in [5, 5.41) is 2.65. The second-order valence-electron chi connectivity index (χ2n) is 3.39. The summed E-state index contributed by atoms with van der Waals surface area (Å²) in [5.41, 5.74) is 2.55. The van der Waals surface area contributed by atoms with E-state index in [-0.39, 0.29) is 0 Å². The van der Waals surface area contributed by atoms with Gasteiger partial charge in [-0.2, -0.15) is 0 Å². The molecular weight excluding hydrogens is 218 g/mol. The summed E-state index contributed by atoms with van der Waals surface area (Å²) in [4.78, 5) is 18.2. The quantitative estimate of drug-likeness (QED) is 0.853. The van der Waals surface area contributed by atoms with Gasteiger partial charge in [-0.3, -0.25) is 5.32 Å². The second-order valence-corrected chi connectivity index (χ2v) is 3.39. The summed E-state index contributed by atoms with van der Waals surface area (Å²) in [6.45, 7) is 2.12. The number of benzene rings is 1. The minimum atomic E-state index is -0.450. The first-order valence-electron chi connectivity index (χ1n) is 5.32. The van der Waals surface area contributed by atoms with Crippen LogP contribution in [-0.4, -0.2) is 22.7 Å². The summed E-state index contributed by atoms with van der Waals surface area (Å²) in [5.74, 6) is 0. The van der Waals surface area contributed by atoms with Crippen LogP contribution in [0.4, 0.5) is 10.5 Å². The van der Waals surface area contributed by atoms with E-state index in [4.69, 9.17) is 4.74 Å². The van der Waals surface area contributed by atoms with Gasteiger partial charge in [0.2, 0.25) is 0 Å². The summed E-state index contributed by atoms with van der Waals surface area (Å²) in [6, 6.07) is 7.45. The van der Waals surface area contributed by atoms with E-state index in [9.17, 15) is 4.79 Å². The van der Waals surface area contributed by atoms with Gasteiger partial charge in [-0.15, -0.1) is 0 Å². The zero-order chi connectivity index (χ0) is 12.1. The van der Waals surface area contributed by atoms with Crippen LogP contribution in [0.15, 0.2) is 36.8 Å². The molecule has 2 rings (SSSR count). The van der Waals surface area contributed by atoms with E-state index in [1.165, 1.54) is 0 Å². The number of carbonyl (C=O) groups excluding carboxylic acids is 1. The summed E-state index contributed by atoms with van der Waals surface area (Å²) in [6.07, 6.45) is 2.89. The first-order chi connectivity index (χ1) is 8.29. The molecule has 1 amide bonds. The summed E-state index contributed by atoms with van der Waals surface area (Å²) < 4.78 is 4.81. The number of carbonyl (C=O) groups is 1. The number of amides is 1. The largest absolute Gasteiger partial charge is 0.450 e. The molecule has 0 unspecified atom stereocenters. The molecule has 1 aromatic heterocycles. The molecule has 0 spiro atoms.